The lowest BCUT2D eigenvalue weighted by atomic mass is 10.0. The molecule has 0 heterocycles. The van der Waals surface area contributed by atoms with Gasteiger partial charge in [0, 0.05) is 18.6 Å². The van der Waals surface area contributed by atoms with Gasteiger partial charge < -0.3 is 4.55 Å². The van der Waals surface area contributed by atoms with Crippen molar-refractivity contribution in [3.8, 4) is 0 Å². The van der Waals surface area contributed by atoms with Crippen molar-refractivity contribution in [1.29, 1.82) is 0 Å². The highest BCUT2D eigenvalue weighted by Crippen LogP contribution is 2.18. The first kappa shape index (κ1) is 13.6. The highest BCUT2D eigenvalue weighted by atomic mass is 35.5. The van der Waals surface area contributed by atoms with E-state index in [2.05, 4.69) is 4.28 Å². The zero-order valence-electron chi connectivity index (χ0n) is 9.05. The van der Waals surface area contributed by atoms with Crippen molar-refractivity contribution in [1.82, 2.24) is 5.06 Å². The van der Waals surface area contributed by atoms with Crippen molar-refractivity contribution in [2.24, 2.45) is 0 Å². The summed E-state index contributed by atoms with van der Waals surface area (Å²) in [5, 5.41) is 1.96. The molecular formula is C10H13ClNO3S-. The van der Waals surface area contributed by atoms with Gasteiger partial charge in [-0.15, -0.1) is 0 Å². The highest BCUT2D eigenvalue weighted by molar-refractivity contribution is 7.74. The van der Waals surface area contributed by atoms with Crippen LogP contribution in [-0.2, 0) is 15.6 Å². The van der Waals surface area contributed by atoms with Crippen molar-refractivity contribution in [2.45, 2.75) is 12.8 Å². The molecular weight excluding hydrogens is 250 g/mol. The van der Waals surface area contributed by atoms with E-state index in [0.29, 0.717) is 11.6 Å². The maximum absolute atomic E-state index is 10.3. The number of benzene rings is 1. The van der Waals surface area contributed by atoms with E-state index in [-0.39, 0.29) is 5.92 Å². The summed E-state index contributed by atoms with van der Waals surface area (Å²) < 4.78 is 25.1. The molecule has 0 N–H and O–H groups in total. The summed E-state index contributed by atoms with van der Waals surface area (Å²) in [6, 6.07) is 7.43. The van der Waals surface area contributed by atoms with Crippen LogP contribution >= 0.6 is 11.6 Å². The van der Waals surface area contributed by atoms with Gasteiger partial charge in [0.25, 0.3) is 0 Å². The number of halogens is 1. The molecule has 6 heteroatoms. The maximum atomic E-state index is 10.3. The first-order chi connectivity index (χ1) is 7.49. The van der Waals surface area contributed by atoms with Crippen molar-refractivity contribution < 1.29 is 13.0 Å². The molecule has 1 aromatic rings. The summed E-state index contributed by atoms with van der Waals surface area (Å²) in [6.45, 7) is 2.46. The monoisotopic (exact) mass is 262 g/mol. The molecule has 0 aromatic heterocycles. The van der Waals surface area contributed by atoms with Crippen LogP contribution in [0.15, 0.2) is 24.3 Å². The van der Waals surface area contributed by atoms with E-state index in [4.69, 9.17) is 11.6 Å². The number of hydrogen-bond acceptors (Lipinski definition) is 4. The van der Waals surface area contributed by atoms with Crippen molar-refractivity contribution >= 4 is 23.0 Å². The Hall–Kier alpha value is -0.460. The Balaban J connectivity index is 2.54. The van der Waals surface area contributed by atoms with Crippen molar-refractivity contribution in [2.75, 3.05) is 13.6 Å². The molecule has 90 valence electrons. The molecule has 0 fully saturated rings. The van der Waals surface area contributed by atoms with E-state index in [9.17, 15) is 8.76 Å². The molecule has 0 aliphatic rings. The van der Waals surface area contributed by atoms with E-state index in [1.165, 1.54) is 5.06 Å². The minimum Gasteiger partial charge on any atom is -0.748 e. The Morgan fingerprint density at radius 2 is 2.06 bits per heavy atom. The van der Waals surface area contributed by atoms with Crippen LogP contribution in [0.25, 0.3) is 0 Å². The van der Waals surface area contributed by atoms with E-state index < -0.39 is 11.4 Å². The fourth-order valence-corrected chi connectivity index (χ4v) is 1.81. The molecule has 2 unspecified atom stereocenters. The molecule has 1 rings (SSSR count). The number of hydroxylamine groups is 2. The molecule has 4 nitrogen and oxygen atoms in total. The number of hydrogen-bond donors (Lipinski definition) is 0. The largest absolute Gasteiger partial charge is 0.748 e. The lowest BCUT2D eigenvalue weighted by Gasteiger charge is -2.21. The van der Waals surface area contributed by atoms with Crippen LogP contribution in [0, 0.1) is 0 Å². The average molecular weight is 263 g/mol. The van der Waals surface area contributed by atoms with Crippen LogP contribution in [0.2, 0.25) is 5.02 Å². The Morgan fingerprint density at radius 3 is 2.56 bits per heavy atom. The third-order valence-corrected chi connectivity index (χ3v) is 2.79. The van der Waals surface area contributed by atoms with E-state index >= 15 is 0 Å². The molecule has 2 atom stereocenters. The quantitative estimate of drug-likeness (QED) is 0.602. The summed E-state index contributed by atoms with van der Waals surface area (Å²) in [6.07, 6.45) is 0. The van der Waals surface area contributed by atoms with Gasteiger partial charge in [-0.25, -0.2) is 8.49 Å². The van der Waals surface area contributed by atoms with Gasteiger partial charge in [-0.2, -0.15) is 5.06 Å². The lowest BCUT2D eigenvalue weighted by molar-refractivity contribution is -0.0304. The first-order valence-electron chi connectivity index (χ1n) is 4.73. The van der Waals surface area contributed by atoms with Gasteiger partial charge in [-0.3, -0.25) is 0 Å². The lowest BCUT2D eigenvalue weighted by Crippen LogP contribution is -2.24. The van der Waals surface area contributed by atoms with Crippen LogP contribution in [0.5, 0.6) is 0 Å². The fraction of sp³-hybridized carbons (Fsp3) is 0.400. The molecule has 0 spiro atoms. The topological polar surface area (TPSA) is 52.6 Å². The van der Waals surface area contributed by atoms with Gasteiger partial charge >= 0.3 is 0 Å². The molecule has 0 bridgehead atoms. The number of rotatable bonds is 5. The first-order valence-corrected chi connectivity index (χ1v) is 6.11. The molecule has 0 aliphatic heterocycles. The van der Waals surface area contributed by atoms with Gasteiger partial charge in [0.15, 0.2) is 0 Å². The second kappa shape index (κ2) is 6.32. The molecule has 16 heavy (non-hydrogen) atoms. The Kier molecular flexibility index (Phi) is 5.37. The fourth-order valence-electron chi connectivity index (χ4n) is 1.42. The molecule has 0 amide bonds. The van der Waals surface area contributed by atoms with Crippen LogP contribution in [-0.4, -0.2) is 27.4 Å². The van der Waals surface area contributed by atoms with E-state index in [1.807, 2.05) is 19.1 Å². The van der Waals surface area contributed by atoms with Crippen LogP contribution in [0.1, 0.15) is 18.4 Å². The van der Waals surface area contributed by atoms with Crippen molar-refractivity contribution in [3.63, 3.8) is 0 Å². The smallest absolute Gasteiger partial charge is 0.106 e. The minimum absolute atomic E-state index is 0.158. The molecule has 0 saturated carbocycles. The summed E-state index contributed by atoms with van der Waals surface area (Å²) in [4.78, 5) is 0. The summed E-state index contributed by atoms with van der Waals surface area (Å²) >= 11 is 3.26. The summed E-state index contributed by atoms with van der Waals surface area (Å²) in [5.41, 5.74) is 1.08. The van der Waals surface area contributed by atoms with Crippen LogP contribution < -0.4 is 0 Å². The SMILES string of the molecule is CC(CN(C)OS(=O)[O-])c1ccc(Cl)cc1. The van der Waals surface area contributed by atoms with Crippen molar-refractivity contribution in [3.05, 3.63) is 34.9 Å². The van der Waals surface area contributed by atoms with Crippen LogP contribution in [0.4, 0.5) is 0 Å². The second-order valence-corrected chi connectivity index (χ2v) is 4.54. The second-order valence-electron chi connectivity index (χ2n) is 3.54. The summed E-state index contributed by atoms with van der Waals surface area (Å²) in [7, 11) is 1.57. The summed E-state index contributed by atoms with van der Waals surface area (Å²) in [5.74, 6) is 0.158. The average Bonchev–Trinajstić information content (AvgIpc) is 2.16. The maximum Gasteiger partial charge on any atom is 0.106 e. The van der Waals surface area contributed by atoms with Gasteiger partial charge in [0.05, 0.1) is 0 Å². The molecule has 1 aromatic carbocycles. The molecule has 0 radical (unpaired) electrons. The van der Waals surface area contributed by atoms with Crippen LogP contribution in [0.3, 0.4) is 0 Å². The normalized spacial score (nSPS) is 15.1. The van der Waals surface area contributed by atoms with E-state index in [1.54, 1.807) is 19.2 Å². The Bertz CT molecular complexity index is 358. The van der Waals surface area contributed by atoms with Gasteiger partial charge in [0.2, 0.25) is 0 Å². The predicted octanol–water partition coefficient (Wildman–Crippen LogP) is 2.10. The highest BCUT2D eigenvalue weighted by Gasteiger charge is 2.09. The Labute approximate surface area is 103 Å². The zero-order chi connectivity index (χ0) is 12.1. The third-order valence-electron chi connectivity index (χ3n) is 2.16. The van der Waals surface area contributed by atoms with Gasteiger partial charge in [-0.1, -0.05) is 30.7 Å². The van der Waals surface area contributed by atoms with E-state index in [0.717, 1.165) is 5.56 Å². The van der Waals surface area contributed by atoms with Gasteiger partial charge in [0.1, 0.15) is 11.4 Å². The standard InChI is InChI=1S/C10H14ClNO3S/c1-8(7-12(2)15-16(13)14)9-3-5-10(11)6-4-9/h3-6,8H,7H2,1-2H3,(H,13,14)/p-1. The molecule has 0 saturated heterocycles. The number of nitrogens with zero attached hydrogens (tertiary/aromatic N) is 1. The zero-order valence-corrected chi connectivity index (χ0v) is 10.6. The third kappa shape index (κ3) is 4.59. The number of likely N-dealkylation sites (N-methyl/N-ethyl adjacent to an activating group) is 1. The minimum atomic E-state index is -2.52. The Morgan fingerprint density at radius 1 is 1.50 bits per heavy atom. The predicted molar refractivity (Wildman–Crippen MR) is 62.5 cm³/mol. The van der Waals surface area contributed by atoms with Gasteiger partial charge in [-0.05, 0) is 23.6 Å². The molecule has 0 aliphatic carbocycles.